The van der Waals surface area contributed by atoms with Crippen molar-refractivity contribution in [2.24, 2.45) is 0 Å². The highest BCUT2D eigenvalue weighted by atomic mass is 32.1. The zero-order valence-corrected chi connectivity index (χ0v) is 17.7. The molecule has 1 N–H and O–H groups in total. The molecule has 6 nitrogen and oxygen atoms in total. The molecule has 154 valence electrons. The number of hydrogen-bond donors (Lipinski definition) is 1. The van der Waals surface area contributed by atoms with Crippen LogP contribution in [0, 0.1) is 0 Å². The van der Waals surface area contributed by atoms with Gasteiger partial charge in [-0.1, -0.05) is 12.1 Å². The molecule has 7 heteroatoms. The number of rotatable bonds is 5. The van der Waals surface area contributed by atoms with E-state index in [9.17, 15) is 0 Å². The monoisotopic (exact) mass is 427 g/mol. The summed E-state index contributed by atoms with van der Waals surface area (Å²) in [5.41, 5.74) is 4.03. The van der Waals surface area contributed by atoms with Crippen molar-refractivity contribution >= 4 is 23.0 Å². The first-order valence-electron chi connectivity index (χ1n) is 9.98. The number of pyridine rings is 2. The third kappa shape index (κ3) is 3.53. The second kappa shape index (κ2) is 8.20. The van der Waals surface area contributed by atoms with Gasteiger partial charge in [-0.2, -0.15) is 0 Å². The summed E-state index contributed by atoms with van der Waals surface area (Å²) in [4.78, 5) is 10.9. The third-order valence-corrected chi connectivity index (χ3v) is 5.77. The predicted octanol–water partition coefficient (Wildman–Crippen LogP) is 4.45. The quantitative estimate of drug-likeness (QED) is 0.475. The SMILES string of the molecule is COc1cccc(N2C(=S)N[C@H](c3ccccn3)[C@H]2c2cccn2-c2ccncc2)c1. The number of thiocarbonyl (C=S) groups is 1. The summed E-state index contributed by atoms with van der Waals surface area (Å²) < 4.78 is 7.64. The largest absolute Gasteiger partial charge is 0.497 e. The van der Waals surface area contributed by atoms with E-state index >= 15 is 0 Å². The number of benzene rings is 1. The Labute approximate surface area is 186 Å². The second-order valence-corrected chi connectivity index (χ2v) is 7.59. The molecule has 0 bridgehead atoms. The Morgan fingerprint density at radius 1 is 0.935 bits per heavy atom. The molecule has 1 aromatic carbocycles. The molecule has 0 saturated carbocycles. The van der Waals surface area contributed by atoms with Gasteiger partial charge < -0.3 is 19.5 Å². The second-order valence-electron chi connectivity index (χ2n) is 7.21. The van der Waals surface area contributed by atoms with Crippen LogP contribution in [0.2, 0.25) is 0 Å². The molecule has 2 atom stereocenters. The molecular formula is C24H21N5OS. The van der Waals surface area contributed by atoms with Crippen LogP contribution in [0.15, 0.2) is 91.5 Å². The highest BCUT2D eigenvalue weighted by Crippen LogP contribution is 2.42. The minimum atomic E-state index is -0.115. The van der Waals surface area contributed by atoms with Crippen molar-refractivity contribution in [2.45, 2.75) is 12.1 Å². The normalized spacial score (nSPS) is 18.1. The first-order valence-corrected chi connectivity index (χ1v) is 10.4. The number of hydrogen-bond acceptors (Lipinski definition) is 4. The van der Waals surface area contributed by atoms with E-state index in [1.807, 2.05) is 60.8 Å². The lowest BCUT2D eigenvalue weighted by Gasteiger charge is -2.29. The van der Waals surface area contributed by atoms with Gasteiger partial charge in [0.2, 0.25) is 0 Å². The van der Waals surface area contributed by atoms with Crippen LogP contribution in [0.1, 0.15) is 23.5 Å². The Morgan fingerprint density at radius 2 is 1.81 bits per heavy atom. The van der Waals surface area contributed by atoms with Gasteiger partial charge in [0.15, 0.2) is 5.11 Å². The van der Waals surface area contributed by atoms with Crippen molar-refractivity contribution < 1.29 is 4.74 Å². The first kappa shape index (κ1) is 19.3. The molecule has 1 aliphatic rings. The van der Waals surface area contributed by atoms with Crippen LogP contribution >= 0.6 is 12.2 Å². The van der Waals surface area contributed by atoms with Crippen LogP contribution < -0.4 is 15.0 Å². The smallest absolute Gasteiger partial charge is 0.174 e. The Kier molecular flexibility index (Phi) is 5.09. The summed E-state index contributed by atoms with van der Waals surface area (Å²) in [6.45, 7) is 0. The lowest BCUT2D eigenvalue weighted by atomic mass is 10.0. The summed E-state index contributed by atoms with van der Waals surface area (Å²) in [5.74, 6) is 0.782. The number of ether oxygens (including phenoxy) is 1. The van der Waals surface area contributed by atoms with Crippen molar-refractivity contribution in [1.82, 2.24) is 19.9 Å². The average Bonchev–Trinajstić information content (AvgIpc) is 3.44. The van der Waals surface area contributed by atoms with E-state index in [4.69, 9.17) is 17.0 Å². The molecule has 1 aliphatic heterocycles. The van der Waals surface area contributed by atoms with Gasteiger partial charge in [0, 0.05) is 47.9 Å². The molecule has 1 saturated heterocycles. The van der Waals surface area contributed by atoms with Gasteiger partial charge in [0.25, 0.3) is 0 Å². The van der Waals surface area contributed by atoms with Crippen molar-refractivity contribution in [3.05, 3.63) is 103 Å². The molecule has 5 rings (SSSR count). The Morgan fingerprint density at radius 3 is 2.58 bits per heavy atom. The minimum absolute atomic E-state index is 0.113. The fourth-order valence-corrected chi connectivity index (χ4v) is 4.41. The lowest BCUT2D eigenvalue weighted by molar-refractivity contribution is 0.414. The Hall–Kier alpha value is -3.71. The lowest BCUT2D eigenvalue weighted by Crippen LogP contribution is -2.30. The number of nitrogens with one attached hydrogen (secondary N) is 1. The first-order chi connectivity index (χ1) is 15.3. The maximum Gasteiger partial charge on any atom is 0.174 e. The van der Waals surface area contributed by atoms with E-state index in [0.29, 0.717) is 5.11 Å². The highest BCUT2D eigenvalue weighted by molar-refractivity contribution is 7.80. The molecule has 0 radical (unpaired) electrons. The van der Waals surface area contributed by atoms with Crippen LogP contribution in [-0.4, -0.2) is 26.8 Å². The van der Waals surface area contributed by atoms with E-state index < -0.39 is 0 Å². The van der Waals surface area contributed by atoms with E-state index in [1.54, 1.807) is 19.5 Å². The maximum atomic E-state index is 5.82. The van der Waals surface area contributed by atoms with E-state index in [1.165, 1.54) is 0 Å². The van der Waals surface area contributed by atoms with Crippen LogP contribution in [0.3, 0.4) is 0 Å². The molecule has 0 aliphatic carbocycles. The van der Waals surface area contributed by atoms with Gasteiger partial charge in [0.1, 0.15) is 11.8 Å². The summed E-state index contributed by atoms with van der Waals surface area (Å²) in [6, 6.07) is 21.9. The van der Waals surface area contributed by atoms with Crippen molar-refractivity contribution in [3.63, 3.8) is 0 Å². The third-order valence-electron chi connectivity index (χ3n) is 5.45. The van der Waals surface area contributed by atoms with Gasteiger partial charge in [-0.3, -0.25) is 9.97 Å². The topological polar surface area (TPSA) is 55.2 Å². The summed E-state index contributed by atoms with van der Waals surface area (Å²) in [6.07, 6.45) is 7.47. The fraction of sp³-hybridized carbons (Fsp3) is 0.125. The maximum absolute atomic E-state index is 5.82. The number of nitrogens with zero attached hydrogens (tertiary/aromatic N) is 4. The fourth-order valence-electron chi connectivity index (χ4n) is 4.07. The Balaban J connectivity index is 1.67. The molecule has 3 aromatic heterocycles. The molecule has 0 spiro atoms. The van der Waals surface area contributed by atoms with Gasteiger partial charge in [-0.15, -0.1) is 0 Å². The summed E-state index contributed by atoms with van der Waals surface area (Å²) in [5, 5.41) is 4.15. The standard InChI is InChI=1S/C24H21N5OS/c1-30-19-7-4-6-18(16-19)29-23(22(27-24(29)31)20-8-2-3-12-26-20)21-9-5-15-28(21)17-10-13-25-14-11-17/h2-16,22-23H,1H3,(H,27,31)/t22-,23-/m1/s1. The summed E-state index contributed by atoms with van der Waals surface area (Å²) in [7, 11) is 1.67. The van der Waals surface area contributed by atoms with Crippen LogP contribution in [0.5, 0.6) is 5.75 Å². The van der Waals surface area contributed by atoms with Gasteiger partial charge in [-0.25, -0.2) is 0 Å². The van der Waals surface area contributed by atoms with E-state index in [2.05, 4.69) is 43.1 Å². The van der Waals surface area contributed by atoms with E-state index in [-0.39, 0.29) is 12.1 Å². The molecule has 4 aromatic rings. The summed E-state index contributed by atoms with van der Waals surface area (Å²) >= 11 is 5.82. The predicted molar refractivity (Wildman–Crippen MR) is 124 cm³/mol. The minimum Gasteiger partial charge on any atom is -0.497 e. The highest BCUT2D eigenvalue weighted by Gasteiger charge is 2.42. The molecule has 1 fully saturated rings. The average molecular weight is 428 g/mol. The molecule has 31 heavy (non-hydrogen) atoms. The van der Waals surface area contributed by atoms with Crippen LogP contribution in [0.25, 0.3) is 5.69 Å². The molecule has 0 amide bonds. The zero-order chi connectivity index (χ0) is 21.2. The van der Waals surface area contributed by atoms with Crippen LogP contribution in [-0.2, 0) is 0 Å². The van der Waals surface area contributed by atoms with E-state index in [0.717, 1.165) is 28.5 Å². The van der Waals surface area contributed by atoms with Crippen molar-refractivity contribution in [1.29, 1.82) is 0 Å². The molecule has 0 unspecified atom stereocenters. The number of anilines is 1. The van der Waals surface area contributed by atoms with Gasteiger partial charge >= 0.3 is 0 Å². The zero-order valence-electron chi connectivity index (χ0n) is 16.9. The molecular weight excluding hydrogens is 406 g/mol. The van der Waals surface area contributed by atoms with Gasteiger partial charge in [0.05, 0.1) is 18.8 Å². The van der Waals surface area contributed by atoms with Crippen molar-refractivity contribution in [2.75, 3.05) is 12.0 Å². The van der Waals surface area contributed by atoms with Gasteiger partial charge in [-0.05, 0) is 60.7 Å². The van der Waals surface area contributed by atoms with Crippen LogP contribution in [0.4, 0.5) is 5.69 Å². The van der Waals surface area contributed by atoms with Crippen molar-refractivity contribution in [3.8, 4) is 11.4 Å². The number of methoxy groups -OCH3 is 1. The number of aromatic nitrogens is 3. The molecule has 4 heterocycles. The Bertz CT molecular complexity index is 1190.